The summed E-state index contributed by atoms with van der Waals surface area (Å²) in [6, 6.07) is 17.2. The van der Waals surface area contributed by atoms with E-state index < -0.39 is 0 Å². The molecule has 6 heteroatoms. The van der Waals surface area contributed by atoms with E-state index in [1.54, 1.807) is 6.07 Å². The smallest absolute Gasteiger partial charge is 0.252 e. The summed E-state index contributed by atoms with van der Waals surface area (Å²) in [6.07, 6.45) is 0. The Hall–Kier alpha value is -2.33. The van der Waals surface area contributed by atoms with Crippen LogP contribution in [0.4, 0.5) is 0 Å². The van der Waals surface area contributed by atoms with E-state index in [2.05, 4.69) is 30.1 Å². The van der Waals surface area contributed by atoms with Crippen molar-refractivity contribution in [2.24, 2.45) is 0 Å². The van der Waals surface area contributed by atoms with Crippen LogP contribution >= 0.6 is 11.8 Å². The van der Waals surface area contributed by atoms with Crippen molar-refractivity contribution >= 4 is 17.7 Å². The number of nitrogens with one attached hydrogen (secondary N) is 1. The highest BCUT2D eigenvalue weighted by Crippen LogP contribution is 2.32. The molecule has 0 atom stereocenters. The number of hydrogen-bond acceptors (Lipinski definition) is 5. The number of nitrogens with zero attached hydrogens (tertiary/aromatic N) is 2. The van der Waals surface area contributed by atoms with Crippen LogP contribution in [0.5, 0.6) is 0 Å². The fraction of sp³-hybridized carbons (Fsp3) is 0.364. The van der Waals surface area contributed by atoms with Crippen molar-refractivity contribution in [1.29, 1.82) is 5.26 Å². The number of nitriles is 1. The molecule has 0 bridgehead atoms. The molecule has 1 saturated heterocycles. The molecule has 0 aliphatic carbocycles. The number of carbonyl (C=O) groups excluding carboxylic acids is 1. The van der Waals surface area contributed by atoms with Crippen LogP contribution in [0.1, 0.15) is 29.8 Å². The zero-order valence-electron chi connectivity index (χ0n) is 16.3. The van der Waals surface area contributed by atoms with Gasteiger partial charge in [0.05, 0.1) is 24.3 Å². The van der Waals surface area contributed by atoms with E-state index in [1.165, 1.54) is 11.8 Å². The van der Waals surface area contributed by atoms with Crippen LogP contribution in [0.25, 0.3) is 0 Å². The largest absolute Gasteiger partial charge is 0.379 e. The summed E-state index contributed by atoms with van der Waals surface area (Å²) >= 11 is 1.44. The third-order valence-corrected chi connectivity index (χ3v) is 6.06. The van der Waals surface area contributed by atoms with Gasteiger partial charge < -0.3 is 10.1 Å². The fourth-order valence-electron chi connectivity index (χ4n) is 3.18. The van der Waals surface area contributed by atoms with Gasteiger partial charge in [-0.1, -0.05) is 36.0 Å². The second-order valence-electron chi connectivity index (χ2n) is 7.30. The molecule has 2 aromatic carbocycles. The monoisotopic (exact) mass is 395 g/mol. The van der Waals surface area contributed by atoms with Gasteiger partial charge in [0, 0.05) is 35.0 Å². The first-order chi connectivity index (χ1) is 13.5. The molecule has 2 aromatic rings. The van der Waals surface area contributed by atoms with Gasteiger partial charge in [0.25, 0.3) is 5.91 Å². The summed E-state index contributed by atoms with van der Waals surface area (Å²) in [5, 5.41) is 12.4. The summed E-state index contributed by atoms with van der Waals surface area (Å²) in [7, 11) is 0. The summed E-state index contributed by atoms with van der Waals surface area (Å²) in [6.45, 7) is 8.05. The Morgan fingerprint density at radius 2 is 1.79 bits per heavy atom. The predicted molar refractivity (Wildman–Crippen MR) is 111 cm³/mol. The Morgan fingerprint density at radius 1 is 1.14 bits per heavy atom. The molecule has 1 fully saturated rings. The molecule has 1 aliphatic heterocycles. The molecule has 0 unspecified atom stereocenters. The Morgan fingerprint density at radius 3 is 2.50 bits per heavy atom. The van der Waals surface area contributed by atoms with E-state index in [9.17, 15) is 10.1 Å². The highest BCUT2D eigenvalue weighted by atomic mass is 32.2. The minimum atomic E-state index is -0.144. The number of hydrogen-bond donors (Lipinski definition) is 1. The molecule has 1 amide bonds. The number of morpholine rings is 1. The van der Waals surface area contributed by atoms with E-state index in [4.69, 9.17) is 4.74 Å². The zero-order chi connectivity index (χ0) is 20.0. The minimum Gasteiger partial charge on any atom is -0.379 e. The first kappa shape index (κ1) is 20.4. The van der Waals surface area contributed by atoms with Crippen LogP contribution < -0.4 is 5.32 Å². The highest BCUT2D eigenvalue weighted by Gasteiger charge is 2.29. The maximum atomic E-state index is 12.9. The Balaban J connectivity index is 1.71. The van der Waals surface area contributed by atoms with Crippen LogP contribution in [0.2, 0.25) is 0 Å². The molecular formula is C22H25N3O2S. The van der Waals surface area contributed by atoms with E-state index in [0.29, 0.717) is 17.7 Å². The van der Waals surface area contributed by atoms with Gasteiger partial charge in [-0.15, -0.1) is 0 Å². The van der Waals surface area contributed by atoms with Crippen molar-refractivity contribution < 1.29 is 9.53 Å². The first-order valence-electron chi connectivity index (χ1n) is 9.38. The summed E-state index contributed by atoms with van der Waals surface area (Å²) in [4.78, 5) is 16.9. The lowest BCUT2D eigenvalue weighted by atomic mass is 10.0. The maximum Gasteiger partial charge on any atom is 0.252 e. The third kappa shape index (κ3) is 4.93. The lowest BCUT2D eigenvalue weighted by Crippen LogP contribution is -2.55. The van der Waals surface area contributed by atoms with Gasteiger partial charge in [-0.2, -0.15) is 5.26 Å². The standard InChI is InChI=1S/C22H25N3O2S/c1-22(2,25-11-13-27-14-12-25)16-24-21(26)18-8-4-6-10-20(18)28-19-9-5-3-7-17(19)15-23/h3-10H,11-14,16H2,1-2H3,(H,24,26). The second kappa shape index (κ2) is 9.24. The van der Waals surface area contributed by atoms with Crippen molar-refractivity contribution in [3.63, 3.8) is 0 Å². The van der Waals surface area contributed by atoms with Crippen LogP contribution in [0.3, 0.4) is 0 Å². The minimum absolute atomic E-state index is 0.0983. The number of amides is 1. The molecule has 146 valence electrons. The number of benzene rings is 2. The molecule has 0 aromatic heterocycles. The second-order valence-corrected chi connectivity index (χ2v) is 8.38. The van der Waals surface area contributed by atoms with E-state index in [1.807, 2.05) is 42.5 Å². The van der Waals surface area contributed by atoms with Gasteiger partial charge in [-0.05, 0) is 38.1 Å². The van der Waals surface area contributed by atoms with Crippen molar-refractivity contribution in [3.05, 3.63) is 59.7 Å². The lowest BCUT2D eigenvalue weighted by Gasteiger charge is -2.40. The topological polar surface area (TPSA) is 65.4 Å². The van der Waals surface area contributed by atoms with E-state index in [0.717, 1.165) is 36.1 Å². The van der Waals surface area contributed by atoms with Gasteiger partial charge >= 0.3 is 0 Å². The quantitative estimate of drug-likeness (QED) is 0.810. The normalized spacial score (nSPS) is 15.0. The van der Waals surface area contributed by atoms with Gasteiger partial charge in [0.2, 0.25) is 0 Å². The van der Waals surface area contributed by atoms with Crippen LogP contribution in [-0.4, -0.2) is 49.2 Å². The van der Waals surface area contributed by atoms with Crippen molar-refractivity contribution in [1.82, 2.24) is 10.2 Å². The Labute approximate surface area is 170 Å². The van der Waals surface area contributed by atoms with Gasteiger partial charge in [0.1, 0.15) is 6.07 Å². The maximum absolute atomic E-state index is 12.9. The Bertz CT molecular complexity index is 870. The van der Waals surface area contributed by atoms with Crippen LogP contribution in [0.15, 0.2) is 58.3 Å². The molecule has 0 spiro atoms. The molecule has 3 rings (SSSR count). The zero-order valence-corrected chi connectivity index (χ0v) is 17.1. The van der Waals surface area contributed by atoms with Crippen LogP contribution in [0, 0.1) is 11.3 Å². The third-order valence-electron chi connectivity index (χ3n) is 4.91. The first-order valence-corrected chi connectivity index (χ1v) is 10.2. The Kier molecular flexibility index (Phi) is 6.74. The van der Waals surface area contributed by atoms with Crippen molar-refractivity contribution in [2.75, 3.05) is 32.8 Å². The number of ether oxygens (including phenoxy) is 1. The average molecular weight is 396 g/mol. The van der Waals surface area contributed by atoms with Crippen molar-refractivity contribution in [3.8, 4) is 6.07 Å². The van der Waals surface area contributed by atoms with Crippen molar-refractivity contribution in [2.45, 2.75) is 29.2 Å². The van der Waals surface area contributed by atoms with Gasteiger partial charge in [0.15, 0.2) is 0 Å². The summed E-state index contributed by atoms with van der Waals surface area (Å²) in [5.41, 5.74) is 1.09. The fourth-order valence-corrected chi connectivity index (χ4v) is 4.21. The number of rotatable bonds is 6. The molecule has 1 N–H and O–H groups in total. The average Bonchev–Trinajstić information content (AvgIpc) is 2.73. The summed E-state index contributed by atoms with van der Waals surface area (Å²) in [5.74, 6) is -0.0983. The SMILES string of the molecule is CC(C)(CNC(=O)c1ccccc1Sc1ccccc1C#N)N1CCOCC1. The lowest BCUT2D eigenvalue weighted by molar-refractivity contribution is -0.00924. The molecule has 1 heterocycles. The van der Waals surface area contributed by atoms with Gasteiger partial charge in [-0.3, -0.25) is 9.69 Å². The predicted octanol–water partition coefficient (Wildman–Crippen LogP) is 3.55. The number of carbonyl (C=O) groups is 1. The van der Waals surface area contributed by atoms with E-state index >= 15 is 0 Å². The molecule has 0 saturated carbocycles. The molecule has 5 nitrogen and oxygen atoms in total. The van der Waals surface area contributed by atoms with Gasteiger partial charge in [-0.25, -0.2) is 0 Å². The molecule has 28 heavy (non-hydrogen) atoms. The molecule has 0 radical (unpaired) electrons. The van der Waals surface area contributed by atoms with Crippen LogP contribution in [-0.2, 0) is 4.74 Å². The highest BCUT2D eigenvalue weighted by molar-refractivity contribution is 7.99. The molecule has 1 aliphatic rings. The molecular weight excluding hydrogens is 370 g/mol. The van der Waals surface area contributed by atoms with E-state index in [-0.39, 0.29) is 11.4 Å². The summed E-state index contributed by atoms with van der Waals surface area (Å²) < 4.78 is 5.43.